The van der Waals surface area contributed by atoms with E-state index in [0.29, 0.717) is 6.42 Å². The van der Waals surface area contributed by atoms with E-state index in [1.165, 1.54) is 83.5 Å². The summed E-state index contributed by atoms with van der Waals surface area (Å²) in [6.45, 7) is 4.15. The first-order valence-electron chi connectivity index (χ1n) is 10.9. The third-order valence-electron chi connectivity index (χ3n) is 4.86. The van der Waals surface area contributed by atoms with Crippen LogP contribution in [0.3, 0.4) is 0 Å². The second-order valence-electron chi connectivity index (χ2n) is 7.39. The van der Waals surface area contributed by atoms with Crippen LogP contribution in [0.2, 0.25) is 0 Å². The van der Waals surface area contributed by atoms with Gasteiger partial charge in [-0.25, -0.2) is 9.56 Å². The summed E-state index contributed by atoms with van der Waals surface area (Å²) in [5.74, 6) is 0. The summed E-state index contributed by atoms with van der Waals surface area (Å²) >= 11 is 0. The van der Waals surface area contributed by atoms with Crippen LogP contribution in [0.25, 0.3) is 0 Å². The van der Waals surface area contributed by atoms with Crippen molar-refractivity contribution in [3.05, 3.63) is 0 Å². The summed E-state index contributed by atoms with van der Waals surface area (Å²) < 4.78 is 14.3. The van der Waals surface area contributed by atoms with Crippen molar-refractivity contribution in [1.29, 1.82) is 0 Å². The Bertz CT molecular complexity index is 343. The molecule has 0 spiro atoms. The van der Waals surface area contributed by atoms with Crippen molar-refractivity contribution in [1.82, 2.24) is 0 Å². The molecule has 0 amide bonds. The normalized spacial score (nSPS) is 12.3. The molecule has 0 aromatic carbocycles. The molecular formula is C20H41K2O5P. The third kappa shape index (κ3) is 29.3. The summed E-state index contributed by atoms with van der Waals surface area (Å²) in [7, 11) is -5.03. The van der Waals surface area contributed by atoms with Crippen LogP contribution in [0.1, 0.15) is 123 Å². The average molecular weight is 471 g/mol. The smallest absolute Gasteiger partial charge is 0.788 e. The fourth-order valence-electron chi connectivity index (χ4n) is 3.18. The Labute approximate surface area is 259 Å². The zero-order valence-corrected chi connectivity index (χ0v) is 26.2. The van der Waals surface area contributed by atoms with Gasteiger partial charge in [-0.2, -0.15) is 0 Å². The van der Waals surface area contributed by atoms with Crippen molar-refractivity contribution >= 4 is 7.82 Å². The van der Waals surface area contributed by atoms with Crippen molar-refractivity contribution in [3.63, 3.8) is 0 Å². The van der Waals surface area contributed by atoms with Crippen molar-refractivity contribution in [2.45, 2.75) is 129 Å². The molecule has 28 heavy (non-hydrogen) atoms. The van der Waals surface area contributed by atoms with E-state index in [4.69, 9.17) is 0 Å². The number of hydrogen-bond donors (Lipinski definition) is 0. The summed E-state index contributed by atoms with van der Waals surface area (Å²) in [4.78, 5) is 25.5. The molecule has 158 valence electrons. The van der Waals surface area contributed by atoms with Gasteiger partial charge in [-0.1, -0.05) is 110 Å². The largest absolute Gasteiger partial charge is 1.00 e. The van der Waals surface area contributed by atoms with Gasteiger partial charge in [-0.05, 0) is 12.8 Å². The van der Waals surface area contributed by atoms with E-state index < -0.39 is 7.82 Å². The molecule has 0 radical (unpaired) electrons. The Morgan fingerprint density at radius 1 is 0.679 bits per heavy atom. The van der Waals surface area contributed by atoms with Crippen molar-refractivity contribution in [3.8, 4) is 0 Å². The Hall–Kier alpha value is 3.34. The maximum Gasteiger partial charge on any atom is 1.00 e. The predicted molar refractivity (Wildman–Crippen MR) is 103 cm³/mol. The van der Waals surface area contributed by atoms with E-state index in [-0.39, 0.29) is 109 Å². The summed E-state index contributed by atoms with van der Waals surface area (Å²) in [5, 5.41) is 0. The fourth-order valence-corrected chi connectivity index (χ4v) is 3.40. The van der Waals surface area contributed by atoms with Gasteiger partial charge in [-0.15, -0.1) is 0 Å². The Balaban J connectivity index is -0.00000312. The van der Waals surface area contributed by atoms with Crippen LogP contribution in [0.15, 0.2) is 0 Å². The van der Waals surface area contributed by atoms with Gasteiger partial charge in [-0.3, -0.25) is 0 Å². The van der Waals surface area contributed by atoms with Gasteiger partial charge < -0.3 is 14.4 Å². The van der Waals surface area contributed by atoms with E-state index in [0.717, 1.165) is 19.3 Å². The van der Waals surface area contributed by atoms with E-state index >= 15 is 0 Å². The molecule has 0 fully saturated rings. The van der Waals surface area contributed by atoms with E-state index in [1.807, 2.05) is 6.92 Å². The zero-order valence-electron chi connectivity index (χ0n) is 19.1. The monoisotopic (exact) mass is 470 g/mol. The van der Waals surface area contributed by atoms with Crippen LogP contribution in [0.4, 0.5) is 0 Å². The molecule has 0 rings (SSSR count). The first-order chi connectivity index (χ1) is 12.5. The Morgan fingerprint density at radius 2 is 1.04 bits per heavy atom. The van der Waals surface area contributed by atoms with Gasteiger partial charge in [0.2, 0.25) is 0 Å². The zero-order chi connectivity index (χ0) is 19.5. The van der Waals surface area contributed by atoms with Crippen LogP contribution >= 0.6 is 7.82 Å². The van der Waals surface area contributed by atoms with Gasteiger partial charge >= 0.3 is 103 Å². The molecule has 0 N–H and O–H groups in total. The van der Waals surface area contributed by atoms with Gasteiger partial charge in [0, 0.05) is 0 Å². The molecule has 0 bridgehead atoms. The molecule has 0 heterocycles. The Kier molecular flexibility index (Phi) is 34.1. The SMILES string of the molecule is CCCCCCCCCCCCCCCCCC(CC)OOP(=O)([O-])[O-].[K+].[K+]. The average Bonchev–Trinajstić information content (AvgIpc) is 2.60. The van der Waals surface area contributed by atoms with Crippen LogP contribution in [-0.2, 0) is 14.1 Å². The third-order valence-corrected chi connectivity index (χ3v) is 5.12. The minimum Gasteiger partial charge on any atom is -0.788 e. The Morgan fingerprint density at radius 3 is 1.36 bits per heavy atom. The van der Waals surface area contributed by atoms with Gasteiger partial charge in [0.15, 0.2) is 0 Å². The topological polar surface area (TPSA) is 81.7 Å². The van der Waals surface area contributed by atoms with Crippen LogP contribution < -0.4 is 113 Å². The fraction of sp³-hybridized carbons (Fsp3) is 1.00. The number of rotatable bonds is 20. The standard InChI is InChI=1S/C20H43O5P.2K/c1-3-5-6-7-8-9-10-11-12-13-14-15-16-17-18-19-20(4-2)24-25-26(21,22)23;;/h20H,3-19H2,1-2H3,(H2,21,22,23);;/q;2*+1/p-2. The van der Waals surface area contributed by atoms with Crippen LogP contribution in [0, 0.1) is 0 Å². The quantitative estimate of drug-likeness (QED) is 0.0810. The summed E-state index contributed by atoms with van der Waals surface area (Å²) in [6, 6.07) is 0. The molecule has 0 aliphatic carbocycles. The molecule has 0 saturated heterocycles. The molecule has 8 heteroatoms. The summed E-state index contributed by atoms with van der Waals surface area (Å²) in [5.41, 5.74) is 0. The number of hydrogen-bond acceptors (Lipinski definition) is 5. The molecular weight excluding hydrogens is 429 g/mol. The van der Waals surface area contributed by atoms with Gasteiger partial charge in [0.25, 0.3) is 0 Å². The molecule has 0 aliphatic rings. The maximum atomic E-state index is 10.4. The second kappa shape index (κ2) is 26.6. The second-order valence-corrected chi connectivity index (χ2v) is 8.43. The maximum absolute atomic E-state index is 10.4. The predicted octanol–water partition coefficient (Wildman–Crippen LogP) is -0.189. The molecule has 1 unspecified atom stereocenters. The molecule has 0 saturated carbocycles. The number of unbranched alkanes of at least 4 members (excludes halogenated alkanes) is 14. The minimum atomic E-state index is -5.03. The molecule has 0 aromatic heterocycles. The van der Waals surface area contributed by atoms with E-state index in [9.17, 15) is 14.4 Å². The van der Waals surface area contributed by atoms with Crippen molar-refractivity contribution in [2.24, 2.45) is 0 Å². The minimum absolute atomic E-state index is 0. The van der Waals surface area contributed by atoms with Gasteiger partial charge in [0.1, 0.15) is 7.82 Å². The van der Waals surface area contributed by atoms with E-state index in [1.54, 1.807) is 0 Å². The van der Waals surface area contributed by atoms with Crippen LogP contribution in [0.5, 0.6) is 0 Å². The van der Waals surface area contributed by atoms with Crippen molar-refractivity contribution in [2.75, 3.05) is 0 Å². The van der Waals surface area contributed by atoms with Crippen molar-refractivity contribution < 1.29 is 127 Å². The number of phosphoric acid groups is 1. The molecule has 1 atom stereocenters. The first kappa shape index (κ1) is 35.9. The first-order valence-corrected chi connectivity index (χ1v) is 12.3. The van der Waals surface area contributed by atoms with Gasteiger partial charge in [0.05, 0.1) is 6.10 Å². The van der Waals surface area contributed by atoms with Crippen LogP contribution in [-0.4, -0.2) is 6.10 Å². The molecule has 5 nitrogen and oxygen atoms in total. The molecule has 0 aromatic rings. The molecule has 0 aliphatic heterocycles. The van der Waals surface area contributed by atoms with E-state index in [2.05, 4.69) is 16.5 Å². The summed E-state index contributed by atoms with van der Waals surface area (Å²) in [6.07, 6.45) is 20.8.